The van der Waals surface area contributed by atoms with Crippen molar-refractivity contribution in [1.29, 1.82) is 0 Å². The van der Waals surface area contributed by atoms with Gasteiger partial charge in [-0.05, 0) is 46.8 Å². The second-order valence-corrected chi connectivity index (χ2v) is 6.70. The molecule has 1 amide bonds. The largest absolute Gasteiger partial charge is 0.468 e. The molecule has 1 aromatic rings. The summed E-state index contributed by atoms with van der Waals surface area (Å²) in [6.07, 6.45) is 1.48. The Hall–Kier alpha value is -1.49. The summed E-state index contributed by atoms with van der Waals surface area (Å²) in [6, 6.07) is 4.40. The van der Waals surface area contributed by atoms with Crippen LogP contribution in [-0.2, 0) is 4.74 Å². The molecule has 0 aromatic carbocycles. The van der Waals surface area contributed by atoms with E-state index in [1.165, 1.54) is 0 Å². The molecular formula is C16H26N2O3. The van der Waals surface area contributed by atoms with E-state index in [0.29, 0.717) is 13.1 Å². The zero-order valence-corrected chi connectivity index (χ0v) is 13.6. The monoisotopic (exact) mass is 294 g/mol. The molecule has 118 valence electrons. The third-order valence-corrected chi connectivity index (χ3v) is 3.78. The third-order valence-electron chi connectivity index (χ3n) is 3.78. The van der Waals surface area contributed by atoms with Crippen molar-refractivity contribution in [3.63, 3.8) is 0 Å². The van der Waals surface area contributed by atoms with Gasteiger partial charge in [0.2, 0.25) is 0 Å². The lowest BCUT2D eigenvalue weighted by molar-refractivity contribution is -0.00238. The Kier molecular flexibility index (Phi) is 4.61. The van der Waals surface area contributed by atoms with E-state index in [4.69, 9.17) is 9.15 Å². The molecule has 0 saturated carbocycles. The molecule has 0 N–H and O–H groups in total. The van der Waals surface area contributed by atoms with Crippen molar-refractivity contribution < 1.29 is 13.9 Å². The van der Waals surface area contributed by atoms with Crippen molar-refractivity contribution in [3.05, 3.63) is 24.2 Å². The molecule has 2 rings (SSSR count). The van der Waals surface area contributed by atoms with Crippen molar-refractivity contribution in [2.45, 2.75) is 52.3 Å². The van der Waals surface area contributed by atoms with Gasteiger partial charge in [-0.25, -0.2) is 4.79 Å². The molecule has 1 saturated heterocycles. The summed E-state index contributed by atoms with van der Waals surface area (Å²) in [5, 5.41) is 0. The van der Waals surface area contributed by atoms with Gasteiger partial charge < -0.3 is 14.1 Å². The average molecular weight is 294 g/mol. The Morgan fingerprint density at radius 2 is 2.14 bits per heavy atom. The van der Waals surface area contributed by atoms with Crippen molar-refractivity contribution in [1.82, 2.24) is 9.80 Å². The van der Waals surface area contributed by atoms with Crippen molar-refractivity contribution in [2.24, 2.45) is 0 Å². The lowest BCUT2D eigenvalue weighted by Crippen LogP contribution is -2.54. The summed E-state index contributed by atoms with van der Waals surface area (Å²) in [6.45, 7) is 12.1. The number of rotatable bonds is 2. The van der Waals surface area contributed by atoms with Crippen molar-refractivity contribution in [3.8, 4) is 0 Å². The summed E-state index contributed by atoms with van der Waals surface area (Å²) >= 11 is 0. The van der Waals surface area contributed by atoms with Gasteiger partial charge in [0.15, 0.2) is 0 Å². The summed E-state index contributed by atoms with van der Waals surface area (Å²) in [7, 11) is 0. The van der Waals surface area contributed by atoms with Gasteiger partial charge >= 0.3 is 6.09 Å². The zero-order chi connectivity index (χ0) is 15.6. The minimum atomic E-state index is -0.446. The summed E-state index contributed by atoms with van der Waals surface area (Å²) in [4.78, 5) is 16.3. The quantitative estimate of drug-likeness (QED) is 0.839. The zero-order valence-electron chi connectivity index (χ0n) is 13.6. The highest BCUT2D eigenvalue weighted by atomic mass is 16.6. The van der Waals surface area contributed by atoms with Gasteiger partial charge in [-0.15, -0.1) is 0 Å². The molecule has 0 aliphatic carbocycles. The molecule has 0 radical (unpaired) electrons. The van der Waals surface area contributed by atoms with Crippen molar-refractivity contribution in [2.75, 3.05) is 19.6 Å². The second kappa shape index (κ2) is 6.10. The number of furan rings is 1. The van der Waals surface area contributed by atoms with E-state index in [-0.39, 0.29) is 18.2 Å². The first kappa shape index (κ1) is 15.9. The van der Waals surface area contributed by atoms with Crippen LogP contribution < -0.4 is 0 Å². The lowest BCUT2D eigenvalue weighted by atomic mass is 10.1. The highest BCUT2D eigenvalue weighted by Crippen LogP contribution is 2.25. The first-order chi connectivity index (χ1) is 9.78. The normalized spacial score (nSPS) is 22.1. The van der Waals surface area contributed by atoms with Crippen LogP contribution in [0.15, 0.2) is 22.8 Å². The highest BCUT2D eigenvalue weighted by Gasteiger charge is 2.32. The Morgan fingerprint density at radius 3 is 2.67 bits per heavy atom. The number of carbonyl (C=O) groups is 1. The van der Waals surface area contributed by atoms with E-state index in [1.54, 1.807) is 11.2 Å². The van der Waals surface area contributed by atoms with Gasteiger partial charge in [-0.3, -0.25) is 4.90 Å². The molecule has 0 spiro atoms. The Bertz CT molecular complexity index is 464. The maximum Gasteiger partial charge on any atom is 0.410 e. The van der Waals surface area contributed by atoms with Gasteiger partial charge in [0.05, 0.1) is 12.3 Å². The molecule has 5 heteroatoms. The van der Waals surface area contributed by atoms with E-state index in [1.807, 2.05) is 32.9 Å². The molecule has 1 fully saturated rings. The molecular weight excluding hydrogens is 268 g/mol. The number of hydrogen-bond donors (Lipinski definition) is 0. The van der Waals surface area contributed by atoms with Crippen LogP contribution in [0.3, 0.4) is 0 Å². The number of amides is 1. The van der Waals surface area contributed by atoms with E-state index in [9.17, 15) is 4.79 Å². The van der Waals surface area contributed by atoms with Gasteiger partial charge in [-0.2, -0.15) is 0 Å². The van der Waals surface area contributed by atoms with Crippen LogP contribution in [0.1, 0.15) is 46.4 Å². The fourth-order valence-corrected chi connectivity index (χ4v) is 2.73. The standard InChI is InChI=1S/C16H26N2O3/c1-12-11-17(15(19)21-16(3,4)5)8-9-18(12)13(2)14-7-6-10-20-14/h6-7,10,12-13H,8-9,11H2,1-5H3/t12-,13+/m1/s1. The number of ether oxygens (including phenoxy) is 1. The van der Waals surface area contributed by atoms with Crippen LogP contribution >= 0.6 is 0 Å². The number of carbonyl (C=O) groups excluding carboxylic acids is 1. The maximum atomic E-state index is 12.1. The van der Waals surface area contributed by atoms with Crippen LogP contribution in [0.25, 0.3) is 0 Å². The van der Waals surface area contributed by atoms with E-state index in [0.717, 1.165) is 12.3 Å². The molecule has 0 bridgehead atoms. The first-order valence-corrected chi connectivity index (χ1v) is 7.55. The maximum absolute atomic E-state index is 12.1. The second-order valence-electron chi connectivity index (χ2n) is 6.70. The molecule has 1 aromatic heterocycles. The molecule has 1 aliphatic rings. The lowest BCUT2D eigenvalue weighted by Gasteiger charge is -2.42. The summed E-state index contributed by atoms with van der Waals surface area (Å²) in [5.41, 5.74) is -0.446. The molecule has 0 unspecified atom stereocenters. The van der Waals surface area contributed by atoms with Gasteiger partial charge in [0.25, 0.3) is 0 Å². The van der Waals surface area contributed by atoms with Crippen LogP contribution in [-0.4, -0.2) is 47.2 Å². The van der Waals surface area contributed by atoms with Gasteiger partial charge in [0, 0.05) is 25.7 Å². The van der Waals surface area contributed by atoms with Crippen molar-refractivity contribution >= 4 is 6.09 Å². The van der Waals surface area contributed by atoms with Crippen LogP contribution in [0.2, 0.25) is 0 Å². The minimum Gasteiger partial charge on any atom is -0.468 e. The fraction of sp³-hybridized carbons (Fsp3) is 0.688. The number of nitrogens with zero attached hydrogens (tertiary/aromatic N) is 2. The minimum absolute atomic E-state index is 0.218. The summed E-state index contributed by atoms with van der Waals surface area (Å²) < 4.78 is 10.9. The topological polar surface area (TPSA) is 45.9 Å². The van der Waals surface area contributed by atoms with Crippen LogP contribution in [0, 0.1) is 0 Å². The average Bonchev–Trinajstić information content (AvgIpc) is 2.89. The smallest absolute Gasteiger partial charge is 0.410 e. The predicted octanol–water partition coefficient (Wildman–Crippen LogP) is 3.28. The number of hydrogen-bond acceptors (Lipinski definition) is 4. The highest BCUT2D eigenvalue weighted by molar-refractivity contribution is 5.68. The van der Waals surface area contributed by atoms with Crippen LogP contribution in [0.5, 0.6) is 0 Å². The molecule has 2 heterocycles. The number of piperazine rings is 1. The molecule has 2 atom stereocenters. The Balaban J connectivity index is 1.94. The fourth-order valence-electron chi connectivity index (χ4n) is 2.73. The molecule has 21 heavy (non-hydrogen) atoms. The summed E-state index contributed by atoms with van der Waals surface area (Å²) in [5.74, 6) is 0.965. The van der Waals surface area contributed by atoms with E-state index >= 15 is 0 Å². The van der Waals surface area contributed by atoms with Gasteiger partial charge in [-0.1, -0.05) is 0 Å². The molecule has 1 aliphatic heterocycles. The van der Waals surface area contributed by atoms with E-state index in [2.05, 4.69) is 18.7 Å². The third kappa shape index (κ3) is 4.00. The first-order valence-electron chi connectivity index (χ1n) is 7.55. The Morgan fingerprint density at radius 1 is 1.43 bits per heavy atom. The predicted molar refractivity (Wildman–Crippen MR) is 81.1 cm³/mol. The van der Waals surface area contributed by atoms with Gasteiger partial charge in [0.1, 0.15) is 11.4 Å². The molecule has 5 nitrogen and oxygen atoms in total. The van der Waals surface area contributed by atoms with E-state index < -0.39 is 5.60 Å². The SMILES string of the molecule is C[C@@H]1CN(C(=O)OC(C)(C)C)CCN1[C@@H](C)c1ccco1. The van der Waals surface area contributed by atoms with Crippen LogP contribution in [0.4, 0.5) is 4.79 Å². The Labute approximate surface area is 126 Å².